The van der Waals surface area contributed by atoms with Crippen molar-refractivity contribution in [1.29, 1.82) is 0 Å². The van der Waals surface area contributed by atoms with E-state index in [-0.39, 0.29) is 0 Å². The van der Waals surface area contributed by atoms with Gasteiger partial charge in [-0.25, -0.2) is 4.68 Å². The summed E-state index contributed by atoms with van der Waals surface area (Å²) in [7, 11) is 1.97. The van der Waals surface area contributed by atoms with Gasteiger partial charge in [0.15, 0.2) is 0 Å². The van der Waals surface area contributed by atoms with E-state index in [1.165, 1.54) is 44.2 Å². The summed E-state index contributed by atoms with van der Waals surface area (Å²) in [5.41, 5.74) is 2.56. The molecule has 2 rings (SSSR count). The third-order valence-corrected chi connectivity index (χ3v) is 3.38. The second-order valence-electron chi connectivity index (χ2n) is 5.01. The molecule has 0 spiro atoms. The third-order valence-electron chi connectivity index (χ3n) is 3.38. The Hall–Kier alpha value is -0.900. The first-order valence-electron chi connectivity index (χ1n) is 6.93. The Morgan fingerprint density at radius 3 is 2.76 bits per heavy atom. The third kappa shape index (κ3) is 3.28. The van der Waals surface area contributed by atoms with Gasteiger partial charge in [-0.2, -0.15) is 0 Å². The molecule has 0 bridgehead atoms. The molecule has 1 N–H and O–H groups in total. The van der Waals surface area contributed by atoms with Crippen molar-refractivity contribution in [3.05, 3.63) is 11.4 Å². The number of nitrogens with one attached hydrogen (secondary N) is 1. The highest BCUT2D eigenvalue weighted by molar-refractivity contribution is 5.20. The normalized spacial score (nSPS) is 15.4. The van der Waals surface area contributed by atoms with Gasteiger partial charge in [-0.1, -0.05) is 31.4 Å². The molecule has 1 heterocycles. The van der Waals surface area contributed by atoms with Crippen LogP contribution in [0.15, 0.2) is 0 Å². The molecule has 0 aliphatic heterocycles. The average Bonchev–Trinajstić information content (AvgIpc) is 3.09. The lowest BCUT2D eigenvalue weighted by molar-refractivity contribution is 0.512. The Bertz CT molecular complexity index is 341. The van der Waals surface area contributed by atoms with Gasteiger partial charge in [0.2, 0.25) is 0 Å². The largest absolute Gasteiger partial charge is 0.314 e. The Balaban J connectivity index is 1.95. The zero-order chi connectivity index (χ0) is 12.1. The molecular formula is C13H24N4. The standard InChI is InChI=1S/C13H24N4/c1-3-4-5-6-9-17-13(11-7-8-11)12(10-14-2)15-16-17/h11,14H,3-10H2,1-2H3. The first-order valence-corrected chi connectivity index (χ1v) is 6.93. The van der Waals surface area contributed by atoms with E-state index in [1.807, 2.05) is 7.05 Å². The van der Waals surface area contributed by atoms with Crippen LogP contribution in [-0.4, -0.2) is 22.0 Å². The van der Waals surface area contributed by atoms with Crippen LogP contribution in [0.2, 0.25) is 0 Å². The lowest BCUT2D eigenvalue weighted by atomic mass is 10.2. The van der Waals surface area contributed by atoms with Crippen molar-refractivity contribution in [2.75, 3.05) is 7.05 Å². The highest BCUT2D eigenvalue weighted by Gasteiger charge is 2.30. The van der Waals surface area contributed by atoms with Gasteiger partial charge in [-0.3, -0.25) is 0 Å². The molecular weight excluding hydrogens is 212 g/mol. The van der Waals surface area contributed by atoms with Crippen molar-refractivity contribution in [2.24, 2.45) is 0 Å². The lowest BCUT2D eigenvalue weighted by Gasteiger charge is -2.06. The molecule has 0 aromatic carbocycles. The van der Waals surface area contributed by atoms with E-state index in [4.69, 9.17) is 0 Å². The summed E-state index contributed by atoms with van der Waals surface area (Å²) in [6.45, 7) is 4.14. The summed E-state index contributed by atoms with van der Waals surface area (Å²) >= 11 is 0. The molecule has 1 aliphatic rings. The quantitative estimate of drug-likeness (QED) is 0.705. The number of rotatable bonds is 8. The zero-order valence-electron chi connectivity index (χ0n) is 11.1. The molecule has 0 atom stereocenters. The highest BCUT2D eigenvalue weighted by atomic mass is 15.4. The molecule has 4 heteroatoms. The van der Waals surface area contributed by atoms with Crippen molar-refractivity contribution in [3.63, 3.8) is 0 Å². The van der Waals surface area contributed by atoms with Gasteiger partial charge in [0.05, 0.1) is 11.4 Å². The van der Waals surface area contributed by atoms with Crippen LogP contribution in [0.5, 0.6) is 0 Å². The minimum absolute atomic E-state index is 0.736. The Kier molecular flexibility index (Phi) is 4.54. The lowest BCUT2D eigenvalue weighted by Crippen LogP contribution is -2.10. The maximum Gasteiger partial charge on any atom is 0.0999 e. The number of hydrogen-bond donors (Lipinski definition) is 1. The van der Waals surface area contributed by atoms with Crippen molar-refractivity contribution in [2.45, 2.75) is 64.5 Å². The van der Waals surface area contributed by atoms with E-state index < -0.39 is 0 Å². The Labute approximate surface area is 104 Å². The molecule has 1 aromatic rings. The Morgan fingerprint density at radius 2 is 2.12 bits per heavy atom. The van der Waals surface area contributed by atoms with Gasteiger partial charge < -0.3 is 5.32 Å². The van der Waals surface area contributed by atoms with E-state index in [2.05, 4.69) is 27.2 Å². The number of nitrogens with zero attached hydrogens (tertiary/aromatic N) is 3. The van der Waals surface area contributed by atoms with Gasteiger partial charge in [-0.05, 0) is 26.3 Å². The summed E-state index contributed by atoms with van der Waals surface area (Å²) < 4.78 is 2.15. The van der Waals surface area contributed by atoms with Crippen LogP contribution in [0.25, 0.3) is 0 Å². The molecule has 1 aromatic heterocycles. The molecule has 0 amide bonds. The molecule has 1 saturated carbocycles. The topological polar surface area (TPSA) is 42.7 Å². The summed E-state index contributed by atoms with van der Waals surface area (Å²) in [5, 5.41) is 11.8. The molecule has 96 valence electrons. The fourth-order valence-electron chi connectivity index (χ4n) is 2.31. The average molecular weight is 236 g/mol. The van der Waals surface area contributed by atoms with E-state index >= 15 is 0 Å². The van der Waals surface area contributed by atoms with E-state index in [1.54, 1.807) is 0 Å². The maximum absolute atomic E-state index is 4.32. The van der Waals surface area contributed by atoms with Gasteiger partial charge in [0, 0.05) is 19.0 Å². The van der Waals surface area contributed by atoms with Crippen LogP contribution in [0.3, 0.4) is 0 Å². The first kappa shape index (κ1) is 12.6. The van der Waals surface area contributed by atoms with Crippen molar-refractivity contribution < 1.29 is 0 Å². The van der Waals surface area contributed by atoms with Gasteiger partial charge in [-0.15, -0.1) is 5.10 Å². The van der Waals surface area contributed by atoms with Gasteiger partial charge in [0.25, 0.3) is 0 Å². The van der Waals surface area contributed by atoms with Crippen molar-refractivity contribution >= 4 is 0 Å². The minimum atomic E-state index is 0.736. The fourth-order valence-corrected chi connectivity index (χ4v) is 2.31. The summed E-state index contributed by atoms with van der Waals surface area (Å²) in [6, 6.07) is 0. The zero-order valence-corrected chi connectivity index (χ0v) is 11.1. The number of aromatic nitrogens is 3. The monoisotopic (exact) mass is 236 g/mol. The minimum Gasteiger partial charge on any atom is -0.314 e. The maximum atomic E-state index is 4.32. The number of aryl methyl sites for hydroxylation is 1. The SMILES string of the molecule is CCCCCCn1nnc(CNC)c1C1CC1. The van der Waals surface area contributed by atoms with Crippen molar-refractivity contribution in [1.82, 2.24) is 20.3 Å². The summed E-state index contributed by atoms with van der Waals surface area (Å²) in [6.07, 6.45) is 7.80. The van der Waals surface area contributed by atoms with Crippen LogP contribution >= 0.6 is 0 Å². The summed E-state index contributed by atoms with van der Waals surface area (Å²) in [4.78, 5) is 0. The van der Waals surface area contributed by atoms with Crippen LogP contribution in [0.4, 0.5) is 0 Å². The molecule has 0 saturated heterocycles. The second kappa shape index (κ2) is 6.15. The number of unbranched alkanes of at least 4 members (excludes halogenated alkanes) is 3. The predicted octanol–water partition coefficient (Wildman–Crippen LogP) is 2.46. The van der Waals surface area contributed by atoms with E-state index in [0.29, 0.717) is 0 Å². The number of hydrogen-bond acceptors (Lipinski definition) is 3. The molecule has 0 unspecified atom stereocenters. The van der Waals surface area contributed by atoms with Crippen molar-refractivity contribution in [3.8, 4) is 0 Å². The van der Waals surface area contributed by atoms with Gasteiger partial charge in [0.1, 0.15) is 0 Å². The Morgan fingerprint density at radius 1 is 1.29 bits per heavy atom. The molecule has 4 nitrogen and oxygen atoms in total. The van der Waals surface area contributed by atoms with Crippen LogP contribution in [-0.2, 0) is 13.1 Å². The van der Waals surface area contributed by atoms with Crippen LogP contribution in [0, 0.1) is 0 Å². The fraction of sp³-hybridized carbons (Fsp3) is 0.846. The summed E-state index contributed by atoms with van der Waals surface area (Å²) in [5.74, 6) is 0.736. The highest BCUT2D eigenvalue weighted by Crippen LogP contribution is 2.41. The van der Waals surface area contributed by atoms with Gasteiger partial charge >= 0.3 is 0 Å². The smallest absolute Gasteiger partial charge is 0.0999 e. The second-order valence-corrected chi connectivity index (χ2v) is 5.01. The molecule has 17 heavy (non-hydrogen) atoms. The van der Waals surface area contributed by atoms with Crippen LogP contribution < -0.4 is 5.32 Å². The molecule has 1 fully saturated rings. The molecule has 0 radical (unpaired) electrons. The predicted molar refractivity (Wildman–Crippen MR) is 68.9 cm³/mol. The van der Waals surface area contributed by atoms with E-state index in [9.17, 15) is 0 Å². The first-order chi connectivity index (χ1) is 8.36. The van der Waals surface area contributed by atoms with Crippen LogP contribution in [0.1, 0.15) is 62.8 Å². The molecule has 1 aliphatic carbocycles. The van der Waals surface area contributed by atoms with E-state index in [0.717, 1.165) is 24.7 Å².